The van der Waals surface area contributed by atoms with E-state index in [4.69, 9.17) is 4.74 Å². The number of aromatic nitrogens is 1. The SMILES string of the molecule is CC(C)(C)OC(=O)NC1CCC(O)(c2csc3ncccc23)CC1. The minimum absolute atomic E-state index is 0.0446. The molecule has 0 aromatic carbocycles. The van der Waals surface area contributed by atoms with Crippen LogP contribution in [0.4, 0.5) is 4.79 Å². The van der Waals surface area contributed by atoms with Gasteiger partial charge >= 0.3 is 6.09 Å². The largest absolute Gasteiger partial charge is 0.444 e. The lowest BCUT2D eigenvalue weighted by atomic mass is 9.78. The number of thiophene rings is 1. The monoisotopic (exact) mass is 348 g/mol. The average Bonchev–Trinajstić information content (AvgIpc) is 2.93. The number of hydrogen-bond acceptors (Lipinski definition) is 5. The lowest BCUT2D eigenvalue weighted by Gasteiger charge is -2.36. The van der Waals surface area contributed by atoms with Crippen LogP contribution in [0.1, 0.15) is 52.0 Å². The number of aliphatic hydroxyl groups is 1. The van der Waals surface area contributed by atoms with Crippen molar-refractivity contribution in [3.63, 3.8) is 0 Å². The second-order valence-electron chi connectivity index (χ2n) is 7.46. The second-order valence-corrected chi connectivity index (χ2v) is 8.32. The van der Waals surface area contributed by atoms with Crippen molar-refractivity contribution < 1.29 is 14.6 Å². The highest BCUT2D eigenvalue weighted by molar-refractivity contribution is 7.16. The van der Waals surface area contributed by atoms with Crippen molar-refractivity contribution in [1.29, 1.82) is 0 Å². The topological polar surface area (TPSA) is 71.5 Å². The first-order valence-electron chi connectivity index (χ1n) is 8.31. The van der Waals surface area contributed by atoms with E-state index < -0.39 is 11.2 Å². The summed E-state index contributed by atoms with van der Waals surface area (Å²) in [5.41, 5.74) is -0.374. The van der Waals surface area contributed by atoms with Crippen molar-refractivity contribution in [3.8, 4) is 0 Å². The van der Waals surface area contributed by atoms with Gasteiger partial charge in [-0.05, 0) is 57.9 Å². The van der Waals surface area contributed by atoms with E-state index >= 15 is 0 Å². The van der Waals surface area contributed by atoms with Gasteiger partial charge in [-0.1, -0.05) is 6.07 Å². The lowest BCUT2D eigenvalue weighted by molar-refractivity contribution is -0.00919. The van der Waals surface area contributed by atoms with Crippen molar-refractivity contribution >= 4 is 27.6 Å². The summed E-state index contributed by atoms with van der Waals surface area (Å²) in [6, 6.07) is 3.96. The Kier molecular flexibility index (Phi) is 4.53. The number of hydrogen-bond donors (Lipinski definition) is 2. The van der Waals surface area contributed by atoms with Gasteiger partial charge in [-0.25, -0.2) is 9.78 Å². The van der Waals surface area contributed by atoms with E-state index in [-0.39, 0.29) is 12.1 Å². The van der Waals surface area contributed by atoms with Crippen LogP contribution >= 0.6 is 11.3 Å². The first-order valence-corrected chi connectivity index (χ1v) is 9.19. The number of carbonyl (C=O) groups is 1. The van der Waals surface area contributed by atoms with Crippen LogP contribution in [0.25, 0.3) is 10.2 Å². The number of nitrogens with one attached hydrogen (secondary N) is 1. The molecule has 1 saturated carbocycles. The molecule has 1 aliphatic rings. The minimum atomic E-state index is -0.840. The zero-order valence-electron chi connectivity index (χ0n) is 14.3. The molecule has 2 N–H and O–H groups in total. The minimum Gasteiger partial charge on any atom is -0.444 e. The molecule has 2 aromatic rings. The van der Waals surface area contributed by atoms with Gasteiger partial charge in [-0.15, -0.1) is 11.3 Å². The highest BCUT2D eigenvalue weighted by Crippen LogP contribution is 2.42. The molecule has 24 heavy (non-hydrogen) atoms. The summed E-state index contributed by atoms with van der Waals surface area (Å²) >= 11 is 1.56. The molecule has 1 amide bonds. The van der Waals surface area contributed by atoms with E-state index in [1.54, 1.807) is 17.5 Å². The summed E-state index contributed by atoms with van der Waals surface area (Å²) in [4.78, 5) is 17.2. The zero-order valence-corrected chi connectivity index (χ0v) is 15.2. The second kappa shape index (κ2) is 6.33. The summed E-state index contributed by atoms with van der Waals surface area (Å²) in [5, 5.41) is 17.1. The Morgan fingerprint density at radius 1 is 1.42 bits per heavy atom. The Morgan fingerprint density at radius 3 is 2.79 bits per heavy atom. The van der Waals surface area contributed by atoms with Gasteiger partial charge in [-0.2, -0.15) is 0 Å². The van der Waals surface area contributed by atoms with E-state index in [0.717, 1.165) is 28.6 Å². The van der Waals surface area contributed by atoms with Gasteiger partial charge in [0.1, 0.15) is 10.4 Å². The third-order valence-corrected chi connectivity index (χ3v) is 5.29. The Bertz CT molecular complexity index is 727. The standard InChI is InChI=1S/C18H24N2O3S/c1-17(2,3)23-16(21)20-12-6-8-18(22,9-7-12)14-11-24-15-13(14)5-4-10-19-15/h4-5,10-12,22H,6-9H2,1-3H3,(H,20,21). The lowest BCUT2D eigenvalue weighted by Crippen LogP contribution is -2.44. The van der Waals surface area contributed by atoms with Gasteiger partial charge < -0.3 is 15.2 Å². The predicted octanol–water partition coefficient (Wildman–Crippen LogP) is 3.95. The first kappa shape index (κ1) is 17.2. The average molecular weight is 348 g/mol. The molecular weight excluding hydrogens is 324 g/mol. The molecule has 0 saturated heterocycles. The predicted molar refractivity (Wildman–Crippen MR) is 95.1 cm³/mol. The summed E-state index contributed by atoms with van der Waals surface area (Å²) in [6.07, 6.45) is 4.08. The fraction of sp³-hybridized carbons (Fsp3) is 0.556. The van der Waals surface area contributed by atoms with E-state index in [9.17, 15) is 9.90 Å². The maximum absolute atomic E-state index is 11.9. The van der Waals surface area contributed by atoms with Crippen molar-refractivity contribution in [2.75, 3.05) is 0 Å². The van der Waals surface area contributed by atoms with Crippen molar-refractivity contribution in [1.82, 2.24) is 10.3 Å². The summed E-state index contributed by atoms with van der Waals surface area (Å²) < 4.78 is 5.30. The molecule has 0 bridgehead atoms. The Morgan fingerprint density at radius 2 is 2.12 bits per heavy atom. The highest BCUT2D eigenvalue weighted by atomic mass is 32.1. The third-order valence-electron chi connectivity index (χ3n) is 4.38. The van der Waals surface area contributed by atoms with Crippen LogP contribution in [-0.4, -0.2) is 27.8 Å². The number of alkyl carbamates (subject to hydrolysis) is 1. The molecule has 0 aliphatic heterocycles. The normalized spacial score (nSPS) is 24.8. The smallest absolute Gasteiger partial charge is 0.407 e. The van der Waals surface area contributed by atoms with Crippen LogP contribution < -0.4 is 5.32 Å². The van der Waals surface area contributed by atoms with Crippen LogP contribution in [0, 0.1) is 0 Å². The Labute approximate surface area is 146 Å². The molecule has 0 radical (unpaired) electrons. The summed E-state index contributed by atoms with van der Waals surface area (Å²) in [6.45, 7) is 5.55. The molecule has 2 heterocycles. The zero-order chi connectivity index (χ0) is 17.4. The van der Waals surface area contributed by atoms with E-state index in [1.165, 1.54) is 0 Å². The van der Waals surface area contributed by atoms with Crippen LogP contribution in [-0.2, 0) is 10.3 Å². The quantitative estimate of drug-likeness (QED) is 0.862. The first-order chi connectivity index (χ1) is 11.3. The molecule has 0 spiro atoms. The van der Waals surface area contributed by atoms with Gasteiger partial charge in [0.2, 0.25) is 0 Å². The fourth-order valence-electron chi connectivity index (χ4n) is 3.21. The number of fused-ring (bicyclic) bond motifs is 1. The van der Waals surface area contributed by atoms with Gasteiger partial charge in [0.05, 0.1) is 5.60 Å². The molecular formula is C18H24N2O3S. The maximum Gasteiger partial charge on any atom is 0.407 e. The number of pyridine rings is 1. The molecule has 130 valence electrons. The van der Waals surface area contributed by atoms with Gasteiger partial charge in [0.25, 0.3) is 0 Å². The molecule has 6 heteroatoms. The van der Waals surface area contributed by atoms with Gasteiger partial charge in [0, 0.05) is 23.2 Å². The molecule has 2 aromatic heterocycles. The third kappa shape index (κ3) is 3.70. The number of amides is 1. The van der Waals surface area contributed by atoms with Crippen molar-refractivity contribution in [2.45, 2.75) is 63.7 Å². The van der Waals surface area contributed by atoms with Crippen LogP contribution in [0.5, 0.6) is 0 Å². The number of carbonyl (C=O) groups excluding carboxylic acids is 1. The van der Waals surface area contributed by atoms with Crippen LogP contribution in [0.3, 0.4) is 0 Å². The Balaban J connectivity index is 1.65. The summed E-state index contributed by atoms with van der Waals surface area (Å²) in [7, 11) is 0. The fourth-order valence-corrected chi connectivity index (χ4v) is 4.21. The van der Waals surface area contributed by atoms with Gasteiger partial charge in [0.15, 0.2) is 0 Å². The van der Waals surface area contributed by atoms with Crippen molar-refractivity contribution in [2.24, 2.45) is 0 Å². The van der Waals surface area contributed by atoms with E-state index in [0.29, 0.717) is 12.8 Å². The Hall–Kier alpha value is -1.66. The highest BCUT2D eigenvalue weighted by Gasteiger charge is 2.37. The maximum atomic E-state index is 11.9. The molecule has 1 fully saturated rings. The van der Waals surface area contributed by atoms with Gasteiger partial charge in [-0.3, -0.25) is 0 Å². The van der Waals surface area contributed by atoms with E-state index in [2.05, 4.69) is 10.3 Å². The molecule has 0 unspecified atom stereocenters. The van der Waals surface area contributed by atoms with Crippen LogP contribution in [0.2, 0.25) is 0 Å². The molecule has 0 atom stereocenters. The number of rotatable bonds is 2. The molecule has 3 rings (SSSR count). The van der Waals surface area contributed by atoms with Crippen LogP contribution in [0.15, 0.2) is 23.7 Å². The molecule has 5 nitrogen and oxygen atoms in total. The van der Waals surface area contributed by atoms with E-state index in [1.807, 2.05) is 38.3 Å². The van der Waals surface area contributed by atoms with Crippen molar-refractivity contribution in [3.05, 3.63) is 29.3 Å². The summed E-state index contributed by atoms with van der Waals surface area (Å²) in [5.74, 6) is 0. The number of ether oxygens (including phenoxy) is 1. The molecule has 1 aliphatic carbocycles. The number of nitrogens with zero attached hydrogens (tertiary/aromatic N) is 1.